The molecule has 0 aromatic carbocycles. The Morgan fingerprint density at radius 1 is 1.29 bits per heavy atom. The molecular weight excluding hydrogens is 210 g/mol. The van der Waals surface area contributed by atoms with Gasteiger partial charge in [-0.05, 0) is 51.0 Å². The van der Waals surface area contributed by atoms with Crippen LogP contribution in [0.5, 0.6) is 0 Å². The van der Waals surface area contributed by atoms with Gasteiger partial charge in [-0.2, -0.15) is 0 Å². The minimum absolute atomic E-state index is 0.273. The summed E-state index contributed by atoms with van der Waals surface area (Å²) in [7, 11) is 2.13. The summed E-state index contributed by atoms with van der Waals surface area (Å²) >= 11 is 0. The third-order valence-electron chi connectivity index (χ3n) is 4.71. The number of hydrogen-bond acceptors (Lipinski definition) is 2. The monoisotopic (exact) mass is 239 g/mol. The fraction of sp³-hybridized carbons (Fsp3) is 1.00. The molecular formula is C15H29NO. The highest BCUT2D eigenvalue weighted by atomic mass is 16.5. The van der Waals surface area contributed by atoms with Crippen molar-refractivity contribution >= 4 is 0 Å². The van der Waals surface area contributed by atoms with Crippen molar-refractivity contribution in [2.24, 2.45) is 11.8 Å². The van der Waals surface area contributed by atoms with Crippen molar-refractivity contribution in [1.82, 2.24) is 5.32 Å². The molecule has 1 heterocycles. The lowest BCUT2D eigenvalue weighted by Gasteiger charge is -2.41. The number of rotatable bonds is 4. The Morgan fingerprint density at radius 3 is 2.59 bits per heavy atom. The molecule has 1 saturated heterocycles. The van der Waals surface area contributed by atoms with Crippen molar-refractivity contribution in [2.75, 3.05) is 13.7 Å². The number of ether oxygens (including phenoxy) is 1. The maximum Gasteiger partial charge on any atom is 0.0685 e. The molecule has 2 atom stereocenters. The van der Waals surface area contributed by atoms with Crippen LogP contribution in [-0.4, -0.2) is 25.3 Å². The third kappa shape index (κ3) is 3.23. The quantitative estimate of drug-likeness (QED) is 0.812. The van der Waals surface area contributed by atoms with Crippen molar-refractivity contribution in [2.45, 2.75) is 70.4 Å². The van der Waals surface area contributed by atoms with Crippen LogP contribution in [0.2, 0.25) is 0 Å². The lowest BCUT2D eigenvalue weighted by atomic mass is 9.78. The van der Waals surface area contributed by atoms with E-state index in [2.05, 4.69) is 26.2 Å². The van der Waals surface area contributed by atoms with Gasteiger partial charge in [-0.1, -0.05) is 26.7 Å². The summed E-state index contributed by atoms with van der Waals surface area (Å²) in [4.78, 5) is 0. The van der Waals surface area contributed by atoms with E-state index in [0.717, 1.165) is 18.4 Å². The summed E-state index contributed by atoms with van der Waals surface area (Å²) in [5.74, 6) is 1.61. The first-order chi connectivity index (χ1) is 8.15. The maximum atomic E-state index is 6.13. The van der Waals surface area contributed by atoms with E-state index in [4.69, 9.17) is 4.74 Å². The van der Waals surface area contributed by atoms with Crippen molar-refractivity contribution < 1.29 is 4.74 Å². The molecule has 1 aliphatic carbocycles. The molecule has 1 saturated carbocycles. The van der Waals surface area contributed by atoms with Gasteiger partial charge in [-0.15, -0.1) is 0 Å². The predicted molar refractivity (Wildman–Crippen MR) is 72.2 cm³/mol. The summed E-state index contributed by atoms with van der Waals surface area (Å²) in [6, 6.07) is 0.691. The molecule has 1 N–H and O–H groups in total. The van der Waals surface area contributed by atoms with Crippen molar-refractivity contribution in [1.29, 1.82) is 0 Å². The van der Waals surface area contributed by atoms with Crippen LogP contribution in [-0.2, 0) is 4.74 Å². The van der Waals surface area contributed by atoms with E-state index >= 15 is 0 Å². The smallest absolute Gasteiger partial charge is 0.0685 e. The van der Waals surface area contributed by atoms with Crippen molar-refractivity contribution in [3.63, 3.8) is 0 Å². The first-order valence-corrected chi connectivity index (χ1v) is 7.46. The number of nitrogens with one attached hydrogen (secondary N) is 1. The van der Waals surface area contributed by atoms with Crippen molar-refractivity contribution in [3.05, 3.63) is 0 Å². The topological polar surface area (TPSA) is 21.3 Å². The highest BCUT2D eigenvalue weighted by Gasteiger charge is 2.41. The van der Waals surface area contributed by atoms with E-state index in [0.29, 0.717) is 6.04 Å². The van der Waals surface area contributed by atoms with E-state index in [1.165, 1.54) is 44.9 Å². The van der Waals surface area contributed by atoms with E-state index in [-0.39, 0.29) is 5.60 Å². The van der Waals surface area contributed by atoms with E-state index in [9.17, 15) is 0 Å². The van der Waals surface area contributed by atoms with Crippen LogP contribution in [0.25, 0.3) is 0 Å². The largest absolute Gasteiger partial charge is 0.375 e. The second kappa shape index (κ2) is 5.71. The van der Waals surface area contributed by atoms with Gasteiger partial charge >= 0.3 is 0 Å². The first-order valence-electron chi connectivity index (χ1n) is 7.46. The highest BCUT2D eigenvalue weighted by molar-refractivity contribution is 4.94. The molecule has 0 radical (unpaired) electrons. The zero-order chi connectivity index (χ0) is 12.3. The van der Waals surface area contributed by atoms with Gasteiger partial charge in [0, 0.05) is 12.6 Å². The summed E-state index contributed by atoms with van der Waals surface area (Å²) in [6.45, 7) is 5.64. The van der Waals surface area contributed by atoms with E-state index in [1.807, 2.05) is 0 Å². The van der Waals surface area contributed by atoms with Gasteiger partial charge in [0.15, 0.2) is 0 Å². The summed E-state index contributed by atoms with van der Waals surface area (Å²) in [5, 5.41) is 3.55. The molecule has 2 rings (SSSR count). The molecule has 0 bridgehead atoms. The Morgan fingerprint density at radius 2 is 2.00 bits per heavy atom. The molecule has 100 valence electrons. The fourth-order valence-corrected chi connectivity index (χ4v) is 3.83. The van der Waals surface area contributed by atoms with Gasteiger partial charge in [0.2, 0.25) is 0 Å². The molecule has 2 unspecified atom stereocenters. The molecule has 1 spiro atoms. The minimum Gasteiger partial charge on any atom is -0.375 e. The Hall–Kier alpha value is -0.0800. The molecule has 0 aromatic rings. The molecule has 2 aliphatic rings. The predicted octanol–water partition coefficient (Wildman–Crippen LogP) is 3.36. The van der Waals surface area contributed by atoms with Crippen LogP contribution in [0, 0.1) is 11.8 Å². The van der Waals surface area contributed by atoms with Crippen LogP contribution in [0.4, 0.5) is 0 Å². The van der Waals surface area contributed by atoms with Crippen molar-refractivity contribution in [3.8, 4) is 0 Å². The molecule has 2 heteroatoms. The Labute approximate surface area is 107 Å². The van der Waals surface area contributed by atoms with Gasteiger partial charge in [-0.3, -0.25) is 0 Å². The average molecular weight is 239 g/mol. The van der Waals surface area contributed by atoms with Crippen LogP contribution < -0.4 is 5.32 Å². The fourth-order valence-electron chi connectivity index (χ4n) is 3.83. The highest BCUT2D eigenvalue weighted by Crippen LogP contribution is 2.43. The summed E-state index contributed by atoms with van der Waals surface area (Å²) in [5.41, 5.74) is 0.273. The Bertz CT molecular complexity index is 233. The third-order valence-corrected chi connectivity index (χ3v) is 4.71. The van der Waals surface area contributed by atoms with Crippen LogP contribution in [0.1, 0.15) is 58.8 Å². The van der Waals surface area contributed by atoms with Gasteiger partial charge < -0.3 is 10.1 Å². The Kier molecular flexibility index (Phi) is 4.48. The first kappa shape index (κ1) is 13.4. The standard InChI is InChI=1S/C15H29NO/c1-12(2)10-14(16-3)13-6-9-17-15(11-13)7-4-5-8-15/h12-14,16H,4-11H2,1-3H3. The van der Waals surface area contributed by atoms with Gasteiger partial charge in [0.05, 0.1) is 5.60 Å². The second-order valence-corrected chi connectivity index (χ2v) is 6.52. The number of hydrogen-bond donors (Lipinski definition) is 1. The molecule has 0 amide bonds. The van der Waals surface area contributed by atoms with Gasteiger partial charge in [0.25, 0.3) is 0 Å². The molecule has 1 aliphatic heterocycles. The summed E-state index contributed by atoms with van der Waals surface area (Å²) in [6.07, 6.45) is 9.22. The van der Waals surface area contributed by atoms with Crippen LogP contribution in [0.15, 0.2) is 0 Å². The van der Waals surface area contributed by atoms with E-state index in [1.54, 1.807) is 0 Å². The Balaban J connectivity index is 1.95. The summed E-state index contributed by atoms with van der Waals surface area (Å²) < 4.78 is 6.13. The minimum atomic E-state index is 0.273. The average Bonchev–Trinajstić information content (AvgIpc) is 2.74. The SMILES string of the molecule is CNC(CC(C)C)C1CCOC2(CCCC2)C1. The zero-order valence-electron chi connectivity index (χ0n) is 11.8. The van der Waals surface area contributed by atoms with E-state index < -0.39 is 0 Å². The van der Waals surface area contributed by atoms with Crippen LogP contribution in [0.3, 0.4) is 0 Å². The van der Waals surface area contributed by atoms with Gasteiger partial charge in [-0.25, -0.2) is 0 Å². The van der Waals surface area contributed by atoms with Crippen LogP contribution >= 0.6 is 0 Å². The normalized spacial score (nSPS) is 30.0. The molecule has 0 aromatic heterocycles. The maximum absolute atomic E-state index is 6.13. The lowest BCUT2D eigenvalue weighted by Crippen LogP contribution is -2.45. The van der Waals surface area contributed by atoms with Gasteiger partial charge in [0.1, 0.15) is 0 Å². The molecule has 17 heavy (non-hydrogen) atoms. The second-order valence-electron chi connectivity index (χ2n) is 6.52. The molecule has 2 fully saturated rings. The zero-order valence-corrected chi connectivity index (χ0v) is 11.8. The molecule has 2 nitrogen and oxygen atoms in total. The lowest BCUT2D eigenvalue weighted by molar-refractivity contribution is -0.0984.